The first-order chi connectivity index (χ1) is 12.6. The molecule has 0 unspecified atom stereocenters. The van der Waals surface area contributed by atoms with E-state index in [1.165, 1.54) is 0 Å². The predicted octanol–water partition coefficient (Wildman–Crippen LogP) is 4.83. The number of hydrogen-bond donors (Lipinski definition) is 2. The summed E-state index contributed by atoms with van der Waals surface area (Å²) in [6.45, 7) is 2.01. The van der Waals surface area contributed by atoms with Crippen LogP contribution in [0.1, 0.15) is 5.69 Å². The van der Waals surface area contributed by atoms with Crippen LogP contribution in [0.15, 0.2) is 54.7 Å². The highest BCUT2D eigenvalue weighted by atomic mass is 35.5. The Balaban J connectivity index is 1.60. The summed E-state index contributed by atoms with van der Waals surface area (Å²) in [5, 5.41) is 12.3. The topological polar surface area (TPSA) is 69.7 Å². The lowest BCUT2D eigenvalue weighted by molar-refractivity contribution is 1.07. The zero-order chi connectivity index (χ0) is 18.1. The lowest BCUT2D eigenvalue weighted by atomic mass is 10.2. The number of aromatic nitrogens is 4. The number of aromatic amines is 1. The van der Waals surface area contributed by atoms with E-state index in [4.69, 9.17) is 11.6 Å². The molecule has 4 rings (SSSR count). The SMILES string of the molecule is Cc1[nH]nc2cc(N(C)c3ccnc(Nc4ccc(Cl)cc4)n3)ccc12. The minimum atomic E-state index is 0.522. The number of nitrogens with one attached hydrogen (secondary N) is 2. The molecule has 6 nitrogen and oxygen atoms in total. The number of H-pyrrole nitrogens is 1. The monoisotopic (exact) mass is 364 g/mol. The molecule has 2 aromatic carbocycles. The van der Waals surface area contributed by atoms with Gasteiger partial charge in [-0.1, -0.05) is 11.6 Å². The summed E-state index contributed by atoms with van der Waals surface area (Å²) in [5.41, 5.74) is 3.87. The third-order valence-electron chi connectivity index (χ3n) is 4.20. The first-order valence-corrected chi connectivity index (χ1v) is 8.52. The lowest BCUT2D eigenvalue weighted by Gasteiger charge is -2.19. The van der Waals surface area contributed by atoms with Crippen LogP contribution in [0, 0.1) is 6.92 Å². The van der Waals surface area contributed by atoms with Gasteiger partial charge in [0.2, 0.25) is 5.95 Å². The maximum atomic E-state index is 5.92. The Kier molecular flexibility index (Phi) is 4.18. The molecule has 0 atom stereocenters. The molecule has 26 heavy (non-hydrogen) atoms. The van der Waals surface area contributed by atoms with Crippen molar-refractivity contribution in [1.82, 2.24) is 20.2 Å². The molecule has 0 radical (unpaired) electrons. The van der Waals surface area contributed by atoms with Crippen molar-refractivity contribution >= 4 is 45.6 Å². The highest BCUT2D eigenvalue weighted by Crippen LogP contribution is 2.27. The van der Waals surface area contributed by atoms with Crippen LogP contribution >= 0.6 is 11.6 Å². The van der Waals surface area contributed by atoms with Gasteiger partial charge in [-0.05, 0) is 55.5 Å². The van der Waals surface area contributed by atoms with Crippen LogP contribution in [0.5, 0.6) is 0 Å². The van der Waals surface area contributed by atoms with Gasteiger partial charge in [0.1, 0.15) is 5.82 Å². The zero-order valence-electron chi connectivity index (χ0n) is 14.4. The third-order valence-corrected chi connectivity index (χ3v) is 4.45. The Labute approximate surface area is 155 Å². The van der Waals surface area contributed by atoms with Crippen molar-refractivity contribution in [2.75, 3.05) is 17.3 Å². The molecule has 0 spiro atoms. The Morgan fingerprint density at radius 3 is 2.69 bits per heavy atom. The van der Waals surface area contributed by atoms with Gasteiger partial charge < -0.3 is 10.2 Å². The summed E-state index contributed by atoms with van der Waals surface area (Å²) in [6.07, 6.45) is 1.73. The van der Waals surface area contributed by atoms with Crippen LogP contribution < -0.4 is 10.2 Å². The molecule has 4 aromatic rings. The van der Waals surface area contributed by atoms with Crippen molar-refractivity contribution < 1.29 is 0 Å². The van der Waals surface area contributed by atoms with Gasteiger partial charge in [-0.25, -0.2) is 4.98 Å². The number of anilines is 4. The van der Waals surface area contributed by atoms with E-state index in [-0.39, 0.29) is 0 Å². The average molecular weight is 365 g/mol. The molecule has 0 aliphatic heterocycles. The largest absolute Gasteiger partial charge is 0.329 e. The Morgan fingerprint density at radius 2 is 1.88 bits per heavy atom. The molecule has 2 aromatic heterocycles. The summed E-state index contributed by atoms with van der Waals surface area (Å²) in [6, 6.07) is 15.4. The molecule has 2 N–H and O–H groups in total. The second-order valence-corrected chi connectivity index (χ2v) is 6.42. The molecule has 0 aliphatic rings. The summed E-state index contributed by atoms with van der Waals surface area (Å²) in [5.74, 6) is 1.30. The predicted molar refractivity (Wildman–Crippen MR) is 106 cm³/mol. The van der Waals surface area contributed by atoms with E-state index in [0.29, 0.717) is 11.0 Å². The summed E-state index contributed by atoms with van der Waals surface area (Å²) in [4.78, 5) is 10.9. The molecule has 0 fully saturated rings. The van der Waals surface area contributed by atoms with Crippen molar-refractivity contribution in [2.24, 2.45) is 0 Å². The molecular weight excluding hydrogens is 348 g/mol. The maximum Gasteiger partial charge on any atom is 0.229 e. The summed E-state index contributed by atoms with van der Waals surface area (Å²) >= 11 is 5.92. The van der Waals surface area contributed by atoms with Gasteiger partial charge in [0, 0.05) is 40.7 Å². The molecule has 0 saturated heterocycles. The number of benzene rings is 2. The van der Waals surface area contributed by atoms with Crippen LogP contribution in [-0.2, 0) is 0 Å². The number of aryl methyl sites for hydroxylation is 1. The number of halogens is 1. The molecule has 2 heterocycles. The maximum absolute atomic E-state index is 5.92. The fourth-order valence-corrected chi connectivity index (χ4v) is 2.86. The van der Waals surface area contributed by atoms with Crippen molar-refractivity contribution in [3.63, 3.8) is 0 Å². The average Bonchev–Trinajstić information content (AvgIpc) is 3.04. The number of rotatable bonds is 4. The van der Waals surface area contributed by atoms with Crippen LogP contribution in [0.4, 0.5) is 23.1 Å². The molecule has 0 bridgehead atoms. The zero-order valence-corrected chi connectivity index (χ0v) is 15.1. The van der Waals surface area contributed by atoms with Crippen LogP contribution in [0.3, 0.4) is 0 Å². The molecule has 7 heteroatoms. The van der Waals surface area contributed by atoms with Crippen molar-refractivity contribution in [1.29, 1.82) is 0 Å². The third kappa shape index (κ3) is 3.19. The first kappa shape index (κ1) is 16.4. The normalized spacial score (nSPS) is 10.9. The molecular formula is C19H17ClN6. The fourth-order valence-electron chi connectivity index (χ4n) is 2.73. The van der Waals surface area contributed by atoms with Crippen molar-refractivity contribution in [3.8, 4) is 0 Å². The molecule has 130 valence electrons. The van der Waals surface area contributed by atoms with Gasteiger partial charge in [-0.15, -0.1) is 0 Å². The highest BCUT2D eigenvalue weighted by Gasteiger charge is 2.10. The van der Waals surface area contributed by atoms with Crippen molar-refractivity contribution in [2.45, 2.75) is 6.92 Å². The minimum Gasteiger partial charge on any atom is -0.329 e. The van der Waals surface area contributed by atoms with E-state index in [0.717, 1.165) is 33.8 Å². The number of hydrogen-bond acceptors (Lipinski definition) is 5. The molecule has 0 aliphatic carbocycles. The van der Waals surface area contributed by atoms with Crippen molar-refractivity contribution in [3.05, 3.63) is 65.4 Å². The van der Waals surface area contributed by atoms with E-state index in [1.807, 2.05) is 55.3 Å². The smallest absolute Gasteiger partial charge is 0.229 e. The van der Waals surface area contributed by atoms with Gasteiger partial charge in [-0.3, -0.25) is 5.10 Å². The number of nitrogens with zero attached hydrogens (tertiary/aromatic N) is 4. The fraction of sp³-hybridized carbons (Fsp3) is 0.105. The first-order valence-electron chi connectivity index (χ1n) is 8.14. The van der Waals surface area contributed by atoms with Gasteiger partial charge in [0.05, 0.1) is 5.52 Å². The van der Waals surface area contributed by atoms with E-state index >= 15 is 0 Å². The summed E-state index contributed by atoms with van der Waals surface area (Å²) < 4.78 is 0. The van der Waals surface area contributed by atoms with Crippen LogP contribution in [-0.4, -0.2) is 27.2 Å². The van der Waals surface area contributed by atoms with Gasteiger partial charge >= 0.3 is 0 Å². The molecule has 0 amide bonds. The quantitative estimate of drug-likeness (QED) is 0.543. The molecule has 0 saturated carbocycles. The van der Waals surface area contributed by atoms with E-state index in [1.54, 1.807) is 6.20 Å². The second-order valence-electron chi connectivity index (χ2n) is 5.98. The minimum absolute atomic E-state index is 0.522. The van der Waals surface area contributed by atoms with Gasteiger partial charge in [0.15, 0.2) is 0 Å². The number of fused-ring (bicyclic) bond motifs is 1. The van der Waals surface area contributed by atoms with Crippen LogP contribution in [0.25, 0.3) is 10.9 Å². The van der Waals surface area contributed by atoms with E-state index in [2.05, 4.69) is 37.6 Å². The summed E-state index contributed by atoms with van der Waals surface area (Å²) in [7, 11) is 1.97. The highest BCUT2D eigenvalue weighted by molar-refractivity contribution is 6.30. The Bertz CT molecular complexity index is 1060. The van der Waals surface area contributed by atoms with Gasteiger partial charge in [-0.2, -0.15) is 10.1 Å². The van der Waals surface area contributed by atoms with E-state index < -0.39 is 0 Å². The van der Waals surface area contributed by atoms with E-state index in [9.17, 15) is 0 Å². The van der Waals surface area contributed by atoms with Crippen LogP contribution in [0.2, 0.25) is 5.02 Å². The Hall–Kier alpha value is -3.12. The standard InChI is InChI=1S/C19H17ClN6/c1-12-16-8-7-15(11-17(16)25-24-12)26(2)18-9-10-21-19(23-18)22-14-5-3-13(20)4-6-14/h3-11H,1-2H3,(H,24,25)(H,21,22,23). The Morgan fingerprint density at radius 1 is 1.08 bits per heavy atom. The van der Waals surface area contributed by atoms with Gasteiger partial charge in [0.25, 0.3) is 0 Å². The lowest BCUT2D eigenvalue weighted by Crippen LogP contribution is -2.12. The second kappa shape index (κ2) is 6.65.